The third-order valence-corrected chi connectivity index (χ3v) is 11.7. The number of esters is 2. The molecule has 4 aliphatic carbocycles. The Morgan fingerprint density at radius 1 is 0.914 bits per heavy atom. The maximum atomic E-state index is 12.3. The van der Waals surface area contributed by atoms with E-state index in [1.165, 1.54) is 14.2 Å². The lowest BCUT2D eigenvalue weighted by Gasteiger charge is -2.64. The maximum Gasteiger partial charge on any atom is 0.320 e. The van der Waals surface area contributed by atoms with E-state index in [0.717, 1.165) is 51.4 Å². The molecule has 2 N–H and O–H groups in total. The van der Waals surface area contributed by atoms with Crippen molar-refractivity contribution in [2.45, 2.75) is 97.7 Å². The molecule has 6 heteroatoms. The molecule has 0 saturated heterocycles. The molecule has 0 bridgehead atoms. The van der Waals surface area contributed by atoms with Crippen LogP contribution in [-0.4, -0.2) is 48.6 Å². The first-order valence-corrected chi connectivity index (χ1v) is 14.0. The fraction of sp³-hybridized carbons (Fsp3) is 0.931. The number of aliphatic hydroxyl groups excluding tert-OH is 2. The quantitative estimate of drug-likeness (QED) is 0.416. The summed E-state index contributed by atoms with van der Waals surface area (Å²) < 4.78 is 9.84. The Labute approximate surface area is 211 Å². The second-order valence-corrected chi connectivity index (χ2v) is 12.9. The number of carbonyl (C=O) groups is 2. The van der Waals surface area contributed by atoms with Gasteiger partial charge < -0.3 is 19.7 Å². The Morgan fingerprint density at radius 2 is 1.51 bits per heavy atom. The number of ether oxygens (including phenoxy) is 2. The number of methoxy groups -OCH3 is 2. The van der Waals surface area contributed by atoms with Crippen LogP contribution in [0.5, 0.6) is 0 Å². The molecule has 5 unspecified atom stereocenters. The normalized spacial score (nSPS) is 45.7. The van der Waals surface area contributed by atoms with Crippen molar-refractivity contribution in [2.75, 3.05) is 14.2 Å². The lowest BCUT2D eigenvalue weighted by molar-refractivity contribution is -0.203. The molecule has 0 aromatic carbocycles. The summed E-state index contributed by atoms with van der Waals surface area (Å²) >= 11 is 0. The van der Waals surface area contributed by atoms with Gasteiger partial charge in [0.15, 0.2) is 5.92 Å². The van der Waals surface area contributed by atoms with E-state index in [1.807, 2.05) is 0 Å². The van der Waals surface area contributed by atoms with E-state index in [1.54, 1.807) is 0 Å². The Morgan fingerprint density at radius 3 is 2.11 bits per heavy atom. The first kappa shape index (κ1) is 26.9. The van der Waals surface area contributed by atoms with Gasteiger partial charge in [-0.25, -0.2) is 0 Å². The molecule has 4 aliphatic rings. The highest BCUT2D eigenvalue weighted by atomic mass is 16.5. The number of aliphatic hydroxyl groups is 2. The molecule has 4 saturated carbocycles. The van der Waals surface area contributed by atoms with Crippen LogP contribution in [0.1, 0.15) is 85.5 Å². The molecular formula is C29H48O6. The third kappa shape index (κ3) is 4.24. The predicted molar refractivity (Wildman–Crippen MR) is 133 cm³/mol. The molecule has 0 heterocycles. The number of carbonyl (C=O) groups excluding carboxylic acids is 2. The van der Waals surface area contributed by atoms with Gasteiger partial charge in [0.05, 0.1) is 26.4 Å². The van der Waals surface area contributed by atoms with Crippen LogP contribution in [0.15, 0.2) is 0 Å². The largest absolute Gasteiger partial charge is 0.468 e. The smallest absolute Gasteiger partial charge is 0.320 e. The molecule has 0 radical (unpaired) electrons. The van der Waals surface area contributed by atoms with E-state index in [-0.39, 0.29) is 34.9 Å². The maximum absolute atomic E-state index is 12.3. The van der Waals surface area contributed by atoms with E-state index in [4.69, 9.17) is 9.47 Å². The SMILES string of the molecule is CC[C@H]1C(O)C2C3CCC([C@H](C)CC(C(=O)OC)C(=O)OC)[C@@]3(C)CCC2[C@@]2(C)CC[C@@H](O)C[C@@H]12. The molecule has 0 spiro atoms. The molecule has 0 aromatic heterocycles. The van der Waals surface area contributed by atoms with E-state index >= 15 is 0 Å². The fourth-order valence-corrected chi connectivity index (χ4v) is 10.0. The Kier molecular flexibility index (Phi) is 7.66. The molecule has 0 aromatic rings. The van der Waals surface area contributed by atoms with Crippen molar-refractivity contribution < 1.29 is 29.3 Å². The number of rotatable bonds is 6. The van der Waals surface area contributed by atoms with Crippen LogP contribution in [0.3, 0.4) is 0 Å². The fourth-order valence-electron chi connectivity index (χ4n) is 10.0. The second-order valence-electron chi connectivity index (χ2n) is 12.9. The average Bonchev–Trinajstić information content (AvgIpc) is 3.20. The van der Waals surface area contributed by atoms with Crippen molar-refractivity contribution in [2.24, 2.45) is 58.2 Å². The van der Waals surface area contributed by atoms with Crippen molar-refractivity contribution in [3.8, 4) is 0 Å². The van der Waals surface area contributed by atoms with E-state index in [9.17, 15) is 19.8 Å². The molecule has 200 valence electrons. The minimum absolute atomic E-state index is 0.0913. The summed E-state index contributed by atoms with van der Waals surface area (Å²) in [7, 11) is 2.65. The minimum Gasteiger partial charge on any atom is -0.468 e. The third-order valence-electron chi connectivity index (χ3n) is 11.7. The lowest BCUT2D eigenvalue weighted by Crippen LogP contribution is -2.62. The minimum atomic E-state index is -0.878. The van der Waals surface area contributed by atoms with E-state index in [2.05, 4.69) is 27.7 Å². The van der Waals surface area contributed by atoms with Crippen LogP contribution in [-0.2, 0) is 19.1 Å². The van der Waals surface area contributed by atoms with Crippen molar-refractivity contribution >= 4 is 11.9 Å². The zero-order chi connectivity index (χ0) is 25.7. The van der Waals surface area contributed by atoms with Crippen molar-refractivity contribution in [3.05, 3.63) is 0 Å². The highest BCUT2D eigenvalue weighted by Gasteiger charge is 2.65. The van der Waals surface area contributed by atoms with E-state index in [0.29, 0.717) is 36.0 Å². The zero-order valence-corrected chi connectivity index (χ0v) is 22.7. The standard InChI is InChI=1S/C29H48O6/c1-7-18-23-15-17(30)10-12-29(23,4)22-11-13-28(3)20(8-9-21(28)24(22)25(18)31)16(2)14-19(26(32)34-5)27(33)35-6/h16-25,30-31H,7-15H2,1-6H3/t16-,17-,18-,20?,21?,22?,23+,24?,25?,28-,29-/m1/s1. The monoisotopic (exact) mass is 492 g/mol. The van der Waals surface area contributed by atoms with Gasteiger partial charge in [0.2, 0.25) is 0 Å². The lowest BCUT2D eigenvalue weighted by atomic mass is 9.41. The highest BCUT2D eigenvalue weighted by Crippen LogP contribution is 2.69. The van der Waals surface area contributed by atoms with E-state index < -0.39 is 17.9 Å². The first-order valence-electron chi connectivity index (χ1n) is 14.0. The van der Waals surface area contributed by atoms with Gasteiger partial charge >= 0.3 is 11.9 Å². The van der Waals surface area contributed by atoms with Crippen molar-refractivity contribution in [1.29, 1.82) is 0 Å². The summed E-state index contributed by atoms with van der Waals surface area (Å²) in [5.41, 5.74) is 0.281. The number of hydrogen-bond donors (Lipinski definition) is 2. The van der Waals surface area contributed by atoms with Gasteiger partial charge in [-0.15, -0.1) is 0 Å². The van der Waals surface area contributed by atoms with Crippen LogP contribution in [0, 0.1) is 58.2 Å². The summed E-state index contributed by atoms with van der Waals surface area (Å²) in [6, 6.07) is 0. The molecule has 0 aliphatic heterocycles. The number of fused-ring (bicyclic) bond motifs is 5. The van der Waals surface area contributed by atoms with Gasteiger partial charge in [0.25, 0.3) is 0 Å². The topological polar surface area (TPSA) is 93.1 Å². The van der Waals surface area contributed by atoms with Gasteiger partial charge in [-0.3, -0.25) is 9.59 Å². The molecule has 0 amide bonds. The summed E-state index contributed by atoms with van der Waals surface area (Å²) in [4.78, 5) is 24.7. The Hall–Kier alpha value is -1.14. The molecule has 6 nitrogen and oxygen atoms in total. The molecule has 11 atom stereocenters. The molecular weight excluding hydrogens is 444 g/mol. The van der Waals surface area contributed by atoms with Gasteiger partial charge in [0.1, 0.15) is 0 Å². The predicted octanol–water partition coefficient (Wildman–Crippen LogP) is 4.60. The summed E-state index contributed by atoms with van der Waals surface area (Å²) in [5.74, 6) is 0.572. The van der Waals surface area contributed by atoms with Gasteiger partial charge in [-0.1, -0.05) is 34.1 Å². The van der Waals surface area contributed by atoms with Crippen LogP contribution < -0.4 is 0 Å². The van der Waals surface area contributed by atoms with Crippen LogP contribution in [0.4, 0.5) is 0 Å². The summed E-state index contributed by atoms with van der Waals surface area (Å²) in [6.07, 6.45) is 8.06. The van der Waals surface area contributed by atoms with Crippen LogP contribution in [0.25, 0.3) is 0 Å². The first-order chi connectivity index (χ1) is 16.5. The van der Waals surface area contributed by atoms with Gasteiger partial charge in [-0.2, -0.15) is 0 Å². The van der Waals surface area contributed by atoms with Crippen LogP contribution >= 0.6 is 0 Å². The Balaban J connectivity index is 1.59. The average molecular weight is 493 g/mol. The highest BCUT2D eigenvalue weighted by molar-refractivity contribution is 5.94. The summed E-state index contributed by atoms with van der Waals surface area (Å²) in [6.45, 7) is 9.26. The van der Waals surface area contributed by atoms with Crippen molar-refractivity contribution in [3.63, 3.8) is 0 Å². The molecule has 4 fully saturated rings. The number of hydrogen-bond acceptors (Lipinski definition) is 6. The summed E-state index contributed by atoms with van der Waals surface area (Å²) in [5, 5.41) is 22.3. The molecule has 35 heavy (non-hydrogen) atoms. The van der Waals surface area contributed by atoms with Gasteiger partial charge in [-0.05, 0) is 104 Å². The van der Waals surface area contributed by atoms with Crippen molar-refractivity contribution in [1.82, 2.24) is 0 Å². The Bertz CT molecular complexity index is 782. The zero-order valence-electron chi connectivity index (χ0n) is 22.7. The molecule has 4 rings (SSSR count). The second kappa shape index (κ2) is 9.96. The van der Waals surface area contributed by atoms with Gasteiger partial charge in [0, 0.05) is 0 Å². The van der Waals surface area contributed by atoms with Crippen LogP contribution in [0.2, 0.25) is 0 Å².